The van der Waals surface area contributed by atoms with E-state index in [4.69, 9.17) is 0 Å². The van der Waals surface area contributed by atoms with Crippen molar-refractivity contribution in [3.63, 3.8) is 0 Å². The van der Waals surface area contributed by atoms with Gasteiger partial charge in [0.15, 0.2) is 0 Å². The van der Waals surface area contributed by atoms with E-state index in [1.807, 2.05) is 0 Å². The van der Waals surface area contributed by atoms with Crippen LogP contribution < -0.4 is 0 Å². The molecule has 1 nitrogen and oxygen atoms in total. The van der Waals surface area contributed by atoms with E-state index in [0.717, 1.165) is 30.1 Å². The van der Waals surface area contributed by atoms with E-state index in [1.165, 1.54) is 51.4 Å². The highest BCUT2D eigenvalue weighted by Gasteiger charge is 2.79. The lowest BCUT2D eigenvalue weighted by Crippen LogP contribution is -2.52. The molecule has 0 N–H and O–H groups in total. The van der Waals surface area contributed by atoms with Gasteiger partial charge in [0.05, 0.1) is 0 Å². The molecule has 0 radical (unpaired) electrons. The zero-order valence-electron chi connectivity index (χ0n) is 15.6. The molecule has 0 saturated heterocycles. The number of ketones is 1. The van der Waals surface area contributed by atoms with E-state index in [-0.39, 0.29) is 5.41 Å². The van der Waals surface area contributed by atoms with Crippen molar-refractivity contribution in [1.82, 2.24) is 0 Å². The van der Waals surface area contributed by atoms with Crippen LogP contribution in [0.1, 0.15) is 85.5 Å². The van der Waals surface area contributed by atoms with Crippen LogP contribution in [0.15, 0.2) is 0 Å². The average Bonchev–Trinajstić information content (AvgIpc) is 3.08. The van der Waals surface area contributed by atoms with Gasteiger partial charge in [-0.15, -0.1) is 0 Å². The Morgan fingerprint density at radius 1 is 0.870 bits per heavy atom. The second-order valence-corrected chi connectivity index (χ2v) is 11.0. The molecule has 5 aliphatic carbocycles. The van der Waals surface area contributed by atoms with E-state index in [1.54, 1.807) is 0 Å². The van der Waals surface area contributed by atoms with Gasteiger partial charge in [-0.3, -0.25) is 4.79 Å². The molecule has 5 rings (SSSR count). The van der Waals surface area contributed by atoms with Crippen LogP contribution in [0, 0.1) is 45.3 Å². The van der Waals surface area contributed by atoms with Gasteiger partial charge in [-0.05, 0) is 91.3 Å². The average molecular weight is 315 g/mol. The van der Waals surface area contributed by atoms with Crippen molar-refractivity contribution in [2.24, 2.45) is 45.3 Å². The van der Waals surface area contributed by atoms with Crippen LogP contribution in [0.25, 0.3) is 0 Å². The monoisotopic (exact) mass is 314 g/mol. The Bertz CT molecular complexity index is 577. The molecule has 128 valence electrons. The molecule has 0 amide bonds. The summed E-state index contributed by atoms with van der Waals surface area (Å²) >= 11 is 0. The summed E-state index contributed by atoms with van der Waals surface area (Å²) in [6, 6.07) is 0. The molecule has 7 atom stereocenters. The first-order chi connectivity index (χ1) is 10.8. The fourth-order valence-corrected chi connectivity index (χ4v) is 8.83. The molecule has 0 bridgehead atoms. The van der Waals surface area contributed by atoms with Crippen molar-refractivity contribution in [3.05, 3.63) is 0 Å². The summed E-state index contributed by atoms with van der Waals surface area (Å²) < 4.78 is 0. The molecule has 1 heteroatoms. The van der Waals surface area contributed by atoms with Crippen LogP contribution in [0.2, 0.25) is 0 Å². The minimum atomic E-state index is 0.0595. The Morgan fingerprint density at radius 2 is 1.65 bits per heavy atom. The number of rotatable bonds is 0. The van der Waals surface area contributed by atoms with E-state index >= 15 is 0 Å². The second-order valence-electron chi connectivity index (χ2n) is 11.0. The van der Waals surface area contributed by atoms with Gasteiger partial charge >= 0.3 is 0 Å². The molecule has 23 heavy (non-hydrogen) atoms. The van der Waals surface area contributed by atoms with Crippen molar-refractivity contribution >= 4 is 5.78 Å². The van der Waals surface area contributed by atoms with Crippen molar-refractivity contribution < 1.29 is 4.79 Å². The van der Waals surface area contributed by atoms with Gasteiger partial charge in [-0.25, -0.2) is 0 Å². The van der Waals surface area contributed by atoms with Gasteiger partial charge in [-0.1, -0.05) is 27.7 Å². The maximum atomic E-state index is 12.5. The predicted octanol–water partition coefficient (Wildman–Crippen LogP) is 5.62. The summed E-state index contributed by atoms with van der Waals surface area (Å²) in [5.74, 6) is 4.05. The molecule has 5 fully saturated rings. The summed E-state index contributed by atoms with van der Waals surface area (Å²) in [6.07, 6.45) is 12.0. The molecule has 5 aliphatic rings. The zero-order valence-corrected chi connectivity index (χ0v) is 15.6. The Morgan fingerprint density at radius 3 is 2.43 bits per heavy atom. The third-order valence-electron chi connectivity index (χ3n) is 10.5. The van der Waals surface area contributed by atoms with Gasteiger partial charge in [0, 0.05) is 11.8 Å². The normalized spacial score (nSPS) is 59.6. The molecule has 0 heterocycles. The molecule has 5 saturated carbocycles. The molecular weight excluding hydrogens is 280 g/mol. The zero-order chi connectivity index (χ0) is 16.3. The van der Waals surface area contributed by atoms with Crippen LogP contribution in [-0.4, -0.2) is 5.78 Å². The topological polar surface area (TPSA) is 17.1 Å². The van der Waals surface area contributed by atoms with Crippen LogP contribution >= 0.6 is 0 Å². The minimum absolute atomic E-state index is 0.0595. The number of hydrogen-bond donors (Lipinski definition) is 0. The minimum Gasteiger partial charge on any atom is -0.299 e. The van der Waals surface area contributed by atoms with Gasteiger partial charge in [0.1, 0.15) is 5.78 Å². The van der Waals surface area contributed by atoms with Crippen LogP contribution in [0.5, 0.6) is 0 Å². The van der Waals surface area contributed by atoms with Crippen molar-refractivity contribution in [3.8, 4) is 0 Å². The molecular formula is C22H34O. The van der Waals surface area contributed by atoms with E-state index in [9.17, 15) is 4.79 Å². The quantitative estimate of drug-likeness (QED) is 0.567. The van der Waals surface area contributed by atoms with E-state index in [2.05, 4.69) is 27.7 Å². The SMILES string of the molecule is C[C@H]1CC[C@]23C[C@]24CC[C@]2(C)C(=O)CC[C@H]2[C@@H]4CC[C@H]3C1(C)C. The number of carbonyl (C=O) groups excluding carboxylic acids is 1. The fraction of sp³-hybridized carbons (Fsp3) is 0.955. The predicted molar refractivity (Wildman–Crippen MR) is 92.9 cm³/mol. The summed E-state index contributed by atoms with van der Waals surface area (Å²) in [7, 11) is 0. The molecule has 2 spiro atoms. The highest BCUT2D eigenvalue weighted by Crippen LogP contribution is 2.86. The van der Waals surface area contributed by atoms with Crippen LogP contribution in [0.4, 0.5) is 0 Å². The first-order valence-corrected chi connectivity index (χ1v) is 10.3. The Hall–Kier alpha value is -0.330. The second kappa shape index (κ2) is 4.07. The highest BCUT2D eigenvalue weighted by molar-refractivity contribution is 5.87. The van der Waals surface area contributed by atoms with Crippen molar-refractivity contribution in [1.29, 1.82) is 0 Å². The molecule has 0 unspecified atom stereocenters. The van der Waals surface area contributed by atoms with Crippen molar-refractivity contribution in [2.45, 2.75) is 85.5 Å². The summed E-state index contributed by atoms with van der Waals surface area (Å²) in [5.41, 5.74) is 1.92. The lowest BCUT2D eigenvalue weighted by Gasteiger charge is -2.58. The van der Waals surface area contributed by atoms with Gasteiger partial charge in [0.25, 0.3) is 0 Å². The van der Waals surface area contributed by atoms with Crippen LogP contribution in [-0.2, 0) is 4.79 Å². The van der Waals surface area contributed by atoms with Crippen molar-refractivity contribution in [2.75, 3.05) is 0 Å². The van der Waals surface area contributed by atoms with Gasteiger partial charge < -0.3 is 0 Å². The van der Waals surface area contributed by atoms with Crippen LogP contribution in [0.3, 0.4) is 0 Å². The van der Waals surface area contributed by atoms with E-state index < -0.39 is 0 Å². The molecule has 0 aromatic carbocycles. The Balaban J connectivity index is 1.53. The smallest absolute Gasteiger partial charge is 0.139 e. The maximum absolute atomic E-state index is 12.5. The molecule has 0 aromatic heterocycles. The number of Topliss-reactive ketones (excluding diaryl/α,β-unsaturated/α-hetero) is 1. The Labute approximate surface area is 142 Å². The number of carbonyl (C=O) groups is 1. The third kappa shape index (κ3) is 1.46. The summed E-state index contributed by atoms with van der Waals surface area (Å²) in [5, 5.41) is 0. The third-order valence-corrected chi connectivity index (χ3v) is 10.5. The lowest BCUT2D eigenvalue weighted by molar-refractivity contribution is -0.136. The summed E-state index contributed by atoms with van der Waals surface area (Å²) in [4.78, 5) is 12.5. The first kappa shape index (κ1) is 15.0. The first-order valence-electron chi connectivity index (χ1n) is 10.3. The Kier molecular flexibility index (Phi) is 2.65. The van der Waals surface area contributed by atoms with Gasteiger partial charge in [-0.2, -0.15) is 0 Å². The summed E-state index contributed by atoms with van der Waals surface area (Å²) in [6.45, 7) is 9.97. The standard InChI is InChI=1S/C22H34O/c1-14-9-10-22-13-21(22)12-11-20(4)15(6-8-18(20)23)16(21)5-7-17(22)19(14,2)3/h14-17H,5-13H2,1-4H3/t14-,15-,16-,17-,20-,21-,22+/m0/s1. The van der Waals surface area contributed by atoms with E-state index in [0.29, 0.717) is 22.0 Å². The number of hydrogen-bond acceptors (Lipinski definition) is 1. The highest BCUT2D eigenvalue weighted by atomic mass is 16.1. The number of fused-ring (bicyclic) bond motifs is 2. The largest absolute Gasteiger partial charge is 0.299 e. The maximum Gasteiger partial charge on any atom is 0.139 e. The van der Waals surface area contributed by atoms with Gasteiger partial charge in [0.2, 0.25) is 0 Å². The molecule has 0 aromatic rings. The lowest BCUT2D eigenvalue weighted by atomic mass is 9.46. The fourth-order valence-electron chi connectivity index (χ4n) is 8.83. The molecule has 0 aliphatic heterocycles.